The second-order valence-corrected chi connectivity index (χ2v) is 4.25. The van der Waals surface area contributed by atoms with E-state index in [-0.39, 0.29) is 12.1 Å². The van der Waals surface area contributed by atoms with E-state index in [0.29, 0.717) is 12.0 Å². The fourth-order valence-electron chi connectivity index (χ4n) is 1.81. The van der Waals surface area contributed by atoms with E-state index in [1.807, 2.05) is 14.0 Å². The molecule has 0 aliphatic heterocycles. The van der Waals surface area contributed by atoms with Gasteiger partial charge in [0.05, 0.1) is 6.10 Å². The fourth-order valence-corrected chi connectivity index (χ4v) is 1.81. The van der Waals surface area contributed by atoms with Gasteiger partial charge in [0.25, 0.3) is 0 Å². The highest BCUT2D eigenvalue weighted by molar-refractivity contribution is 5.19. The number of nitrogens with one attached hydrogen (secondary N) is 1. The number of methoxy groups -OCH3 is 1. The van der Waals surface area contributed by atoms with Crippen LogP contribution >= 0.6 is 0 Å². The Bertz CT molecular complexity index is 337. The van der Waals surface area contributed by atoms with Gasteiger partial charge >= 0.3 is 0 Å². The Morgan fingerprint density at radius 3 is 2.29 bits per heavy atom. The zero-order valence-corrected chi connectivity index (χ0v) is 10.5. The third-order valence-corrected chi connectivity index (χ3v) is 2.83. The van der Waals surface area contributed by atoms with Gasteiger partial charge < -0.3 is 10.1 Å². The minimum atomic E-state index is -0.533. The Hall–Kier alpha value is -1.00. The Balaban J connectivity index is 2.66. The molecule has 0 spiro atoms. The minimum absolute atomic E-state index is 0.117. The third kappa shape index (κ3) is 4.79. The molecule has 1 aromatic rings. The van der Waals surface area contributed by atoms with Gasteiger partial charge in [-0.25, -0.2) is 8.78 Å². The summed E-state index contributed by atoms with van der Waals surface area (Å²) in [5, 5.41) is 3.13. The molecule has 2 unspecified atom stereocenters. The van der Waals surface area contributed by atoms with E-state index in [0.717, 1.165) is 12.5 Å². The third-order valence-electron chi connectivity index (χ3n) is 2.83. The zero-order valence-electron chi connectivity index (χ0n) is 10.5. The normalized spacial score (nSPS) is 14.6. The van der Waals surface area contributed by atoms with E-state index < -0.39 is 11.6 Å². The molecule has 1 N–H and O–H groups in total. The first-order chi connectivity index (χ1) is 8.05. The molecule has 0 heterocycles. The van der Waals surface area contributed by atoms with Crippen molar-refractivity contribution in [2.75, 3.05) is 14.2 Å². The number of likely N-dealkylation sites (N-methyl/N-ethyl adjacent to an activating group) is 1. The van der Waals surface area contributed by atoms with Crippen molar-refractivity contribution in [3.63, 3.8) is 0 Å². The number of ether oxygens (including phenoxy) is 1. The molecule has 1 rings (SSSR count). The van der Waals surface area contributed by atoms with Crippen LogP contribution in [0.5, 0.6) is 0 Å². The van der Waals surface area contributed by atoms with Crippen LogP contribution in [-0.2, 0) is 11.2 Å². The van der Waals surface area contributed by atoms with Gasteiger partial charge in [-0.2, -0.15) is 0 Å². The van der Waals surface area contributed by atoms with Crippen LogP contribution in [0.2, 0.25) is 0 Å². The molecular formula is C13H19F2NO. The number of halogens is 2. The number of benzene rings is 1. The second-order valence-electron chi connectivity index (χ2n) is 4.25. The fraction of sp³-hybridized carbons (Fsp3) is 0.538. The van der Waals surface area contributed by atoms with Crippen LogP contribution in [0.25, 0.3) is 0 Å². The van der Waals surface area contributed by atoms with Gasteiger partial charge in [-0.1, -0.05) is 0 Å². The van der Waals surface area contributed by atoms with Crippen LogP contribution in [-0.4, -0.2) is 26.3 Å². The standard InChI is InChI=1S/C13H19F2NO/c1-9(17-3)4-13(16-2)7-10-5-11(14)8-12(15)6-10/h5-6,8-9,13,16H,4,7H2,1-3H3. The van der Waals surface area contributed by atoms with Crippen molar-refractivity contribution in [1.82, 2.24) is 5.32 Å². The highest BCUT2D eigenvalue weighted by Gasteiger charge is 2.12. The average molecular weight is 243 g/mol. The molecule has 0 aliphatic rings. The van der Waals surface area contributed by atoms with E-state index in [1.54, 1.807) is 7.11 Å². The van der Waals surface area contributed by atoms with Gasteiger partial charge in [-0.05, 0) is 44.5 Å². The van der Waals surface area contributed by atoms with Crippen molar-refractivity contribution in [1.29, 1.82) is 0 Å². The maximum absolute atomic E-state index is 13.0. The molecule has 0 saturated carbocycles. The predicted molar refractivity (Wildman–Crippen MR) is 64.0 cm³/mol. The molecule has 0 bridgehead atoms. The summed E-state index contributed by atoms with van der Waals surface area (Å²) in [6.45, 7) is 1.97. The summed E-state index contributed by atoms with van der Waals surface area (Å²) >= 11 is 0. The number of hydrogen-bond acceptors (Lipinski definition) is 2. The van der Waals surface area contributed by atoms with E-state index in [2.05, 4.69) is 5.32 Å². The highest BCUT2D eigenvalue weighted by Crippen LogP contribution is 2.12. The van der Waals surface area contributed by atoms with Crippen molar-refractivity contribution < 1.29 is 13.5 Å². The summed E-state index contributed by atoms with van der Waals surface area (Å²) in [5.74, 6) is -1.07. The van der Waals surface area contributed by atoms with Crippen LogP contribution in [0.4, 0.5) is 8.78 Å². The molecular weight excluding hydrogens is 224 g/mol. The van der Waals surface area contributed by atoms with Gasteiger partial charge in [0.2, 0.25) is 0 Å². The number of rotatable bonds is 6. The van der Waals surface area contributed by atoms with Crippen LogP contribution in [0.15, 0.2) is 18.2 Å². The summed E-state index contributed by atoms with van der Waals surface area (Å²) in [4.78, 5) is 0. The van der Waals surface area contributed by atoms with E-state index in [4.69, 9.17) is 4.74 Å². The summed E-state index contributed by atoms with van der Waals surface area (Å²) in [6, 6.07) is 3.76. The average Bonchev–Trinajstić information content (AvgIpc) is 2.26. The Kier molecular flexibility index (Phi) is 5.51. The Morgan fingerprint density at radius 1 is 1.24 bits per heavy atom. The van der Waals surface area contributed by atoms with E-state index in [1.165, 1.54) is 12.1 Å². The van der Waals surface area contributed by atoms with Crippen LogP contribution in [0.1, 0.15) is 18.9 Å². The molecule has 0 aliphatic carbocycles. The van der Waals surface area contributed by atoms with Crippen LogP contribution in [0.3, 0.4) is 0 Å². The monoisotopic (exact) mass is 243 g/mol. The number of hydrogen-bond donors (Lipinski definition) is 1. The lowest BCUT2D eigenvalue weighted by Gasteiger charge is -2.19. The molecule has 4 heteroatoms. The van der Waals surface area contributed by atoms with Crippen molar-refractivity contribution in [2.45, 2.75) is 31.9 Å². The van der Waals surface area contributed by atoms with Crippen molar-refractivity contribution in [3.8, 4) is 0 Å². The largest absolute Gasteiger partial charge is 0.382 e. The van der Waals surface area contributed by atoms with Gasteiger partial charge in [-0.3, -0.25) is 0 Å². The first kappa shape index (κ1) is 14.1. The Labute approximate surface area is 101 Å². The first-order valence-corrected chi connectivity index (χ1v) is 5.70. The molecule has 0 fully saturated rings. The lowest BCUT2D eigenvalue weighted by molar-refractivity contribution is 0.101. The van der Waals surface area contributed by atoms with Gasteiger partial charge in [0.15, 0.2) is 0 Å². The smallest absolute Gasteiger partial charge is 0.126 e. The summed E-state index contributed by atoms with van der Waals surface area (Å²) < 4.78 is 31.2. The minimum Gasteiger partial charge on any atom is -0.382 e. The second kappa shape index (κ2) is 6.67. The Morgan fingerprint density at radius 2 is 1.82 bits per heavy atom. The topological polar surface area (TPSA) is 21.3 Å². The SMILES string of the molecule is CNC(Cc1cc(F)cc(F)c1)CC(C)OC. The quantitative estimate of drug-likeness (QED) is 0.829. The van der Waals surface area contributed by atoms with Crippen molar-refractivity contribution >= 4 is 0 Å². The summed E-state index contributed by atoms with van der Waals surface area (Å²) in [6.07, 6.45) is 1.50. The summed E-state index contributed by atoms with van der Waals surface area (Å²) in [7, 11) is 3.49. The molecule has 1 aromatic carbocycles. The molecule has 2 nitrogen and oxygen atoms in total. The van der Waals surface area contributed by atoms with Crippen molar-refractivity contribution in [2.24, 2.45) is 0 Å². The predicted octanol–water partition coefficient (Wildman–Crippen LogP) is 2.52. The lowest BCUT2D eigenvalue weighted by Crippen LogP contribution is -2.31. The summed E-state index contributed by atoms with van der Waals surface area (Å²) in [5.41, 5.74) is 0.658. The van der Waals surface area contributed by atoms with Crippen molar-refractivity contribution in [3.05, 3.63) is 35.4 Å². The first-order valence-electron chi connectivity index (χ1n) is 5.70. The van der Waals surface area contributed by atoms with Gasteiger partial charge in [0, 0.05) is 19.2 Å². The van der Waals surface area contributed by atoms with E-state index in [9.17, 15) is 8.78 Å². The maximum atomic E-state index is 13.0. The molecule has 0 amide bonds. The highest BCUT2D eigenvalue weighted by atomic mass is 19.1. The molecule has 2 atom stereocenters. The van der Waals surface area contributed by atoms with E-state index >= 15 is 0 Å². The lowest BCUT2D eigenvalue weighted by atomic mass is 10.0. The molecule has 17 heavy (non-hydrogen) atoms. The molecule has 96 valence electrons. The van der Waals surface area contributed by atoms with Crippen LogP contribution < -0.4 is 5.32 Å². The maximum Gasteiger partial charge on any atom is 0.126 e. The van der Waals surface area contributed by atoms with Gasteiger partial charge in [-0.15, -0.1) is 0 Å². The zero-order chi connectivity index (χ0) is 12.8. The van der Waals surface area contributed by atoms with Crippen LogP contribution in [0, 0.1) is 11.6 Å². The molecule has 0 radical (unpaired) electrons. The molecule has 0 saturated heterocycles. The molecule has 0 aromatic heterocycles. The van der Waals surface area contributed by atoms with Gasteiger partial charge in [0.1, 0.15) is 11.6 Å².